The largest absolute Gasteiger partial charge is 0.445 e. The van der Waals surface area contributed by atoms with Crippen LogP contribution in [0.3, 0.4) is 0 Å². The molecule has 0 atom stereocenters. The third kappa shape index (κ3) is 4.51. The van der Waals surface area contributed by atoms with Crippen molar-refractivity contribution in [2.24, 2.45) is 0 Å². The molecule has 1 saturated heterocycles. The molecule has 1 aromatic carbocycles. The molecule has 7 nitrogen and oxygen atoms in total. The van der Waals surface area contributed by atoms with Crippen LogP contribution < -0.4 is 10.2 Å². The molecule has 25 heavy (non-hydrogen) atoms. The number of anilines is 2. The van der Waals surface area contributed by atoms with Gasteiger partial charge in [-0.2, -0.15) is 4.98 Å². The van der Waals surface area contributed by atoms with Crippen molar-refractivity contribution in [1.82, 2.24) is 14.9 Å². The number of benzene rings is 1. The summed E-state index contributed by atoms with van der Waals surface area (Å²) in [4.78, 5) is 24.5. The van der Waals surface area contributed by atoms with E-state index in [2.05, 4.69) is 20.2 Å². The molecule has 0 unspecified atom stereocenters. The average Bonchev–Trinajstić information content (AvgIpc) is 2.66. The molecule has 0 saturated carbocycles. The number of hydrogen-bond donors (Lipinski definition) is 1. The number of nitrogens with one attached hydrogen (secondary N) is 1. The number of piperazine rings is 1. The van der Waals surface area contributed by atoms with Gasteiger partial charge in [-0.25, -0.2) is 9.78 Å². The fourth-order valence-corrected chi connectivity index (χ4v) is 2.79. The highest BCUT2D eigenvalue weighted by Gasteiger charge is 2.23. The van der Waals surface area contributed by atoms with Crippen molar-refractivity contribution in [2.75, 3.05) is 43.4 Å². The number of carbonyl (C=O) groups excluding carboxylic acids is 1. The number of nitrogens with zero attached hydrogens (tertiary/aromatic N) is 4. The zero-order chi connectivity index (χ0) is 17.6. The minimum Gasteiger partial charge on any atom is -0.445 e. The van der Waals surface area contributed by atoms with Gasteiger partial charge in [0.05, 0.1) is 0 Å². The Balaban J connectivity index is 1.53. The Bertz CT molecular complexity index is 720. The molecule has 8 heteroatoms. The fraction of sp³-hybridized carbons (Fsp3) is 0.353. The lowest BCUT2D eigenvalue weighted by Gasteiger charge is -2.34. The van der Waals surface area contributed by atoms with Crippen LogP contribution in [0, 0.1) is 0 Å². The van der Waals surface area contributed by atoms with Crippen LogP contribution in [-0.4, -0.2) is 54.2 Å². The number of halogens is 1. The van der Waals surface area contributed by atoms with E-state index in [-0.39, 0.29) is 12.7 Å². The van der Waals surface area contributed by atoms with Crippen LogP contribution in [-0.2, 0) is 11.3 Å². The van der Waals surface area contributed by atoms with Crippen molar-refractivity contribution < 1.29 is 9.53 Å². The normalized spacial score (nSPS) is 14.3. The van der Waals surface area contributed by atoms with Crippen LogP contribution in [0.4, 0.5) is 16.6 Å². The van der Waals surface area contributed by atoms with Gasteiger partial charge in [0, 0.05) is 39.3 Å². The Morgan fingerprint density at radius 3 is 2.60 bits per heavy atom. The smallest absolute Gasteiger partial charge is 0.410 e. The first-order chi connectivity index (χ1) is 12.2. The first kappa shape index (κ1) is 17.3. The summed E-state index contributed by atoms with van der Waals surface area (Å²) in [5.74, 6) is 1.23. The molecule has 0 spiro atoms. The van der Waals surface area contributed by atoms with E-state index < -0.39 is 0 Å². The van der Waals surface area contributed by atoms with Gasteiger partial charge in [-0.3, -0.25) is 0 Å². The minimum absolute atomic E-state index is 0.285. The van der Waals surface area contributed by atoms with Gasteiger partial charge in [-0.15, -0.1) is 0 Å². The monoisotopic (exact) mass is 361 g/mol. The van der Waals surface area contributed by atoms with Crippen molar-refractivity contribution in [3.63, 3.8) is 0 Å². The van der Waals surface area contributed by atoms with Crippen molar-refractivity contribution in [3.05, 3.63) is 47.1 Å². The maximum absolute atomic E-state index is 12.2. The van der Waals surface area contributed by atoms with Gasteiger partial charge in [0.2, 0.25) is 5.95 Å². The Morgan fingerprint density at radius 1 is 1.20 bits per heavy atom. The Labute approximate surface area is 151 Å². The van der Waals surface area contributed by atoms with Gasteiger partial charge in [0.1, 0.15) is 17.6 Å². The van der Waals surface area contributed by atoms with E-state index in [1.54, 1.807) is 18.0 Å². The van der Waals surface area contributed by atoms with Crippen molar-refractivity contribution >= 4 is 29.5 Å². The summed E-state index contributed by atoms with van der Waals surface area (Å²) >= 11 is 6.02. The van der Waals surface area contributed by atoms with Gasteiger partial charge < -0.3 is 19.9 Å². The highest BCUT2D eigenvalue weighted by Crippen LogP contribution is 2.19. The Kier molecular flexibility index (Phi) is 5.55. The first-order valence-corrected chi connectivity index (χ1v) is 8.46. The van der Waals surface area contributed by atoms with Crippen LogP contribution in [0.15, 0.2) is 36.4 Å². The van der Waals surface area contributed by atoms with E-state index >= 15 is 0 Å². The quantitative estimate of drug-likeness (QED) is 0.844. The van der Waals surface area contributed by atoms with Gasteiger partial charge in [0.15, 0.2) is 0 Å². The van der Waals surface area contributed by atoms with E-state index in [0.29, 0.717) is 37.3 Å². The number of aromatic nitrogens is 2. The molecule has 3 rings (SSSR count). The lowest BCUT2D eigenvalue weighted by atomic mass is 10.2. The van der Waals surface area contributed by atoms with Gasteiger partial charge in [0.25, 0.3) is 0 Å². The predicted molar refractivity (Wildman–Crippen MR) is 97.0 cm³/mol. The van der Waals surface area contributed by atoms with Crippen molar-refractivity contribution in [2.45, 2.75) is 6.61 Å². The number of hydrogen-bond acceptors (Lipinski definition) is 6. The van der Waals surface area contributed by atoms with E-state index in [1.165, 1.54) is 0 Å². The summed E-state index contributed by atoms with van der Waals surface area (Å²) in [6, 6.07) is 11.4. The molecule has 1 aliphatic rings. The van der Waals surface area contributed by atoms with E-state index in [0.717, 1.165) is 11.4 Å². The summed E-state index contributed by atoms with van der Waals surface area (Å²) in [6.45, 7) is 2.76. The maximum atomic E-state index is 12.2. The molecule has 132 valence electrons. The van der Waals surface area contributed by atoms with E-state index in [1.807, 2.05) is 30.3 Å². The molecule has 1 N–H and O–H groups in total. The standard InChI is InChI=1S/C17H20ClN5O2/c1-19-16-20-14(18)11-15(21-16)22-7-9-23(10-8-22)17(24)25-12-13-5-3-2-4-6-13/h2-6,11H,7-10,12H2,1H3,(H,19,20,21). The van der Waals surface area contributed by atoms with Crippen LogP contribution in [0.1, 0.15) is 5.56 Å². The molecular weight excluding hydrogens is 342 g/mol. The molecule has 0 bridgehead atoms. The SMILES string of the molecule is CNc1nc(Cl)cc(N2CCN(C(=O)OCc3ccccc3)CC2)n1. The molecule has 0 aliphatic carbocycles. The topological polar surface area (TPSA) is 70.6 Å². The lowest BCUT2D eigenvalue weighted by Crippen LogP contribution is -2.49. The third-order valence-corrected chi connectivity index (χ3v) is 4.17. The highest BCUT2D eigenvalue weighted by atomic mass is 35.5. The van der Waals surface area contributed by atoms with Crippen molar-refractivity contribution in [3.8, 4) is 0 Å². The molecule has 2 aromatic rings. The van der Waals surface area contributed by atoms with Gasteiger partial charge in [-0.05, 0) is 5.56 Å². The Morgan fingerprint density at radius 2 is 1.92 bits per heavy atom. The summed E-state index contributed by atoms with van der Waals surface area (Å²) in [6.07, 6.45) is -0.292. The molecule has 2 heterocycles. The summed E-state index contributed by atoms with van der Waals surface area (Å²) in [7, 11) is 1.75. The highest BCUT2D eigenvalue weighted by molar-refractivity contribution is 6.29. The van der Waals surface area contributed by atoms with Crippen molar-refractivity contribution in [1.29, 1.82) is 0 Å². The minimum atomic E-state index is -0.292. The number of amides is 1. The second-order valence-corrected chi connectivity index (χ2v) is 6.02. The molecule has 1 fully saturated rings. The zero-order valence-electron chi connectivity index (χ0n) is 14.0. The number of ether oxygens (including phenoxy) is 1. The van der Waals surface area contributed by atoms with Crippen LogP contribution in [0.5, 0.6) is 0 Å². The van der Waals surface area contributed by atoms with Crippen LogP contribution in [0.25, 0.3) is 0 Å². The molecule has 1 aliphatic heterocycles. The van der Waals surface area contributed by atoms with Gasteiger partial charge in [-0.1, -0.05) is 41.9 Å². The van der Waals surface area contributed by atoms with Crippen LogP contribution in [0.2, 0.25) is 5.15 Å². The lowest BCUT2D eigenvalue weighted by molar-refractivity contribution is 0.0941. The summed E-state index contributed by atoms with van der Waals surface area (Å²) < 4.78 is 5.38. The molecule has 1 amide bonds. The maximum Gasteiger partial charge on any atom is 0.410 e. The third-order valence-electron chi connectivity index (χ3n) is 3.97. The fourth-order valence-electron chi connectivity index (χ4n) is 2.61. The summed E-state index contributed by atoms with van der Waals surface area (Å²) in [5, 5.41) is 3.28. The Hall–Kier alpha value is -2.54. The van der Waals surface area contributed by atoms with E-state index in [4.69, 9.17) is 16.3 Å². The number of rotatable bonds is 4. The van der Waals surface area contributed by atoms with Gasteiger partial charge >= 0.3 is 6.09 Å². The molecule has 1 aromatic heterocycles. The van der Waals surface area contributed by atoms with Crippen LogP contribution >= 0.6 is 11.6 Å². The number of carbonyl (C=O) groups is 1. The second kappa shape index (κ2) is 8.02. The molecular formula is C17H20ClN5O2. The second-order valence-electron chi connectivity index (χ2n) is 5.64. The van der Waals surface area contributed by atoms with E-state index in [9.17, 15) is 4.79 Å². The molecule has 0 radical (unpaired) electrons. The summed E-state index contributed by atoms with van der Waals surface area (Å²) in [5.41, 5.74) is 0.977. The average molecular weight is 362 g/mol. The first-order valence-electron chi connectivity index (χ1n) is 8.08. The zero-order valence-corrected chi connectivity index (χ0v) is 14.7. The predicted octanol–water partition coefficient (Wildman–Crippen LogP) is 2.63.